The van der Waals surface area contributed by atoms with Crippen molar-refractivity contribution in [2.45, 2.75) is 44.2 Å². The van der Waals surface area contributed by atoms with Gasteiger partial charge in [0.1, 0.15) is 11.5 Å². The first-order valence-corrected chi connectivity index (χ1v) is 14.8. The van der Waals surface area contributed by atoms with Crippen molar-refractivity contribution in [1.29, 1.82) is 0 Å². The first-order valence-electron chi connectivity index (χ1n) is 14.0. The van der Waals surface area contributed by atoms with Gasteiger partial charge in [0.15, 0.2) is 0 Å². The van der Waals surface area contributed by atoms with Crippen LogP contribution in [0.3, 0.4) is 0 Å². The van der Waals surface area contributed by atoms with Gasteiger partial charge in [-0.3, -0.25) is 9.59 Å². The fourth-order valence-corrected chi connectivity index (χ4v) is 5.16. The highest BCUT2D eigenvalue weighted by Crippen LogP contribution is 2.28. The number of hydrogen-bond donors (Lipinski definition) is 3. The predicted octanol–water partition coefficient (Wildman–Crippen LogP) is 7.18. The molecule has 3 N–H and O–H groups in total. The summed E-state index contributed by atoms with van der Waals surface area (Å²) in [5, 5.41) is 15.7. The Bertz CT molecular complexity index is 1640. The molecule has 0 atom stereocenters. The van der Waals surface area contributed by atoms with Crippen molar-refractivity contribution in [3.05, 3.63) is 112 Å². The SMILES string of the molecule is O=C(Cc1ccc(Oc2ccc(OC3CCC(NC(=O)c4ccc(Cl)c(Cl)c4)CC3)cc2)nc1)Nc1ccccc1C(=O)O. The summed E-state index contributed by atoms with van der Waals surface area (Å²) in [4.78, 5) is 40.6. The monoisotopic (exact) mass is 633 g/mol. The number of amides is 2. The summed E-state index contributed by atoms with van der Waals surface area (Å²) >= 11 is 12.0. The van der Waals surface area contributed by atoms with Crippen LogP contribution < -0.4 is 20.1 Å². The van der Waals surface area contributed by atoms with Gasteiger partial charge in [-0.1, -0.05) is 41.4 Å². The molecule has 9 nitrogen and oxygen atoms in total. The normalized spacial score (nSPS) is 16.0. The maximum Gasteiger partial charge on any atom is 0.337 e. The van der Waals surface area contributed by atoms with Crippen LogP contribution in [0.2, 0.25) is 10.0 Å². The number of carboxylic acids is 1. The summed E-state index contributed by atoms with van der Waals surface area (Å²) in [7, 11) is 0. The van der Waals surface area contributed by atoms with E-state index in [9.17, 15) is 19.5 Å². The quantitative estimate of drug-likeness (QED) is 0.169. The second kappa shape index (κ2) is 14.2. The maximum absolute atomic E-state index is 12.6. The van der Waals surface area contributed by atoms with Crippen LogP contribution in [0.1, 0.15) is 52.0 Å². The molecule has 0 saturated heterocycles. The second-order valence-corrected chi connectivity index (χ2v) is 11.2. The predicted molar refractivity (Wildman–Crippen MR) is 167 cm³/mol. The molecule has 1 aliphatic carbocycles. The summed E-state index contributed by atoms with van der Waals surface area (Å²) in [5.41, 5.74) is 1.39. The van der Waals surface area contributed by atoms with Crippen LogP contribution in [0, 0.1) is 0 Å². The fourth-order valence-electron chi connectivity index (χ4n) is 4.86. The zero-order valence-electron chi connectivity index (χ0n) is 23.5. The Labute approximate surface area is 264 Å². The molecule has 2 amide bonds. The molecule has 226 valence electrons. The van der Waals surface area contributed by atoms with Crippen molar-refractivity contribution >= 4 is 46.7 Å². The highest BCUT2D eigenvalue weighted by Gasteiger charge is 2.24. The van der Waals surface area contributed by atoms with E-state index in [1.54, 1.807) is 66.9 Å². The molecule has 5 rings (SSSR count). The standard InChI is InChI=1S/C33H29Cl2N3O6/c34-27-15-6-21(18-28(27)35)32(40)37-22-7-9-23(10-8-22)43-24-11-13-25(14-12-24)44-31-16-5-20(19-36-31)17-30(39)38-29-4-2-1-3-26(29)33(41)42/h1-6,11-16,18-19,22-23H,7-10,17H2,(H,37,40)(H,38,39)(H,41,42). The van der Waals surface area contributed by atoms with Crippen LogP contribution in [-0.2, 0) is 11.2 Å². The van der Waals surface area contributed by atoms with Gasteiger partial charge in [0.25, 0.3) is 5.91 Å². The molecule has 4 aromatic rings. The number of aromatic carboxylic acids is 1. The highest BCUT2D eigenvalue weighted by atomic mass is 35.5. The summed E-state index contributed by atoms with van der Waals surface area (Å²) in [5.74, 6) is 0.0217. The molecule has 1 aliphatic rings. The topological polar surface area (TPSA) is 127 Å². The van der Waals surface area contributed by atoms with E-state index < -0.39 is 5.97 Å². The van der Waals surface area contributed by atoms with Gasteiger partial charge in [-0.25, -0.2) is 9.78 Å². The smallest absolute Gasteiger partial charge is 0.337 e. The zero-order chi connectivity index (χ0) is 31.1. The molecule has 0 radical (unpaired) electrons. The number of hydrogen-bond acceptors (Lipinski definition) is 6. The van der Waals surface area contributed by atoms with E-state index in [1.165, 1.54) is 6.07 Å². The summed E-state index contributed by atoms with van der Waals surface area (Å²) in [6.07, 6.45) is 4.84. The van der Waals surface area contributed by atoms with Crippen molar-refractivity contribution in [1.82, 2.24) is 10.3 Å². The van der Waals surface area contributed by atoms with Crippen molar-refractivity contribution in [3.63, 3.8) is 0 Å². The molecule has 3 aromatic carbocycles. The van der Waals surface area contributed by atoms with E-state index >= 15 is 0 Å². The minimum Gasteiger partial charge on any atom is -0.490 e. The van der Waals surface area contributed by atoms with Crippen molar-refractivity contribution < 1.29 is 29.0 Å². The number of benzene rings is 3. The summed E-state index contributed by atoms with van der Waals surface area (Å²) in [6.45, 7) is 0. The van der Waals surface area contributed by atoms with Crippen molar-refractivity contribution in [2.75, 3.05) is 5.32 Å². The number of rotatable bonds is 10. The zero-order valence-corrected chi connectivity index (χ0v) is 25.0. The van der Waals surface area contributed by atoms with E-state index in [2.05, 4.69) is 15.6 Å². The molecular formula is C33H29Cl2N3O6. The van der Waals surface area contributed by atoms with Crippen LogP contribution in [0.4, 0.5) is 5.69 Å². The minimum absolute atomic E-state index is 0.0223. The Morgan fingerprint density at radius 2 is 1.59 bits per heavy atom. The average Bonchev–Trinajstić information content (AvgIpc) is 3.01. The number of ether oxygens (including phenoxy) is 2. The number of para-hydroxylation sites is 1. The molecule has 11 heteroatoms. The summed E-state index contributed by atoms with van der Waals surface area (Å²) < 4.78 is 12.0. The number of aromatic nitrogens is 1. The molecule has 0 aliphatic heterocycles. The van der Waals surface area contributed by atoms with Crippen LogP contribution in [0.25, 0.3) is 0 Å². The number of nitrogens with zero attached hydrogens (tertiary/aromatic N) is 1. The summed E-state index contributed by atoms with van der Waals surface area (Å²) in [6, 6.07) is 21.8. The minimum atomic E-state index is -1.11. The van der Waals surface area contributed by atoms with Gasteiger partial charge in [-0.15, -0.1) is 0 Å². The third-order valence-electron chi connectivity index (χ3n) is 7.13. The lowest BCUT2D eigenvalue weighted by molar-refractivity contribution is -0.115. The molecule has 1 fully saturated rings. The lowest BCUT2D eigenvalue weighted by atomic mass is 9.92. The number of carboxylic acid groups (broad SMARTS) is 1. The fraction of sp³-hybridized carbons (Fsp3) is 0.212. The Kier molecular flexibility index (Phi) is 9.99. The Morgan fingerprint density at radius 3 is 2.27 bits per heavy atom. The van der Waals surface area contributed by atoms with Crippen LogP contribution in [-0.4, -0.2) is 40.0 Å². The molecule has 1 heterocycles. The molecule has 0 unspecified atom stereocenters. The number of carbonyl (C=O) groups excluding carboxylic acids is 2. The second-order valence-electron chi connectivity index (χ2n) is 10.3. The van der Waals surface area contributed by atoms with Gasteiger partial charge < -0.3 is 25.2 Å². The van der Waals surface area contributed by atoms with Crippen molar-refractivity contribution in [3.8, 4) is 17.4 Å². The van der Waals surface area contributed by atoms with E-state index in [4.69, 9.17) is 32.7 Å². The van der Waals surface area contributed by atoms with Crippen LogP contribution in [0.15, 0.2) is 85.1 Å². The number of halogens is 2. The molecule has 44 heavy (non-hydrogen) atoms. The number of pyridine rings is 1. The van der Waals surface area contributed by atoms with Gasteiger partial charge in [-0.05, 0) is 85.8 Å². The first-order chi connectivity index (χ1) is 21.2. The highest BCUT2D eigenvalue weighted by molar-refractivity contribution is 6.42. The lowest BCUT2D eigenvalue weighted by Gasteiger charge is -2.29. The van der Waals surface area contributed by atoms with Gasteiger partial charge >= 0.3 is 5.97 Å². The first kappa shape index (κ1) is 30.8. The van der Waals surface area contributed by atoms with Gasteiger partial charge in [0.2, 0.25) is 11.8 Å². The van der Waals surface area contributed by atoms with Crippen LogP contribution in [0.5, 0.6) is 17.4 Å². The molecular weight excluding hydrogens is 605 g/mol. The van der Waals surface area contributed by atoms with Gasteiger partial charge in [0.05, 0.1) is 33.8 Å². The average molecular weight is 635 g/mol. The Hall–Kier alpha value is -4.60. The third kappa shape index (κ3) is 8.27. The molecule has 0 spiro atoms. The lowest BCUT2D eigenvalue weighted by Crippen LogP contribution is -2.39. The van der Waals surface area contributed by atoms with E-state index in [-0.39, 0.29) is 41.6 Å². The Morgan fingerprint density at radius 1 is 0.864 bits per heavy atom. The van der Waals surface area contributed by atoms with Crippen molar-refractivity contribution in [2.24, 2.45) is 0 Å². The molecule has 1 saturated carbocycles. The van der Waals surface area contributed by atoms with Gasteiger partial charge in [-0.2, -0.15) is 0 Å². The number of nitrogens with one attached hydrogen (secondary N) is 2. The maximum atomic E-state index is 12.6. The number of carbonyl (C=O) groups is 3. The van der Waals surface area contributed by atoms with E-state index in [1.807, 2.05) is 12.1 Å². The molecule has 1 aromatic heterocycles. The van der Waals surface area contributed by atoms with Gasteiger partial charge in [0, 0.05) is 23.9 Å². The largest absolute Gasteiger partial charge is 0.490 e. The Balaban J connectivity index is 1.06. The third-order valence-corrected chi connectivity index (χ3v) is 7.87. The van der Waals surface area contributed by atoms with E-state index in [0.29, 0.717) is 32.8 Å². The molecule has 0 bridgehead atoms. The van der Waals surface area contributed by atoms with E-state index in [0.717, 1.165) is 31.4 Å². The van der Waals surface area contributed by atoms with Crippen LogP contribution >= 0.6 is 23.2 Å². The number of anilines is 1.